The van der Waals surface area contributed by atoms with Crippen LogP contribution in [0.25, 0.3) is 22.0 Å². The average molecular weight is 252 g/mol. The highest BCUT2D eigenvalue weighted by Crippen LogP contribution is 2.38. The molecule has 1 N–H and O–H groups in total. The lowest BCUT2D eigenvalue weighted by Crippen LogP contribution is -2.23. The normalized spacial score (nSPS) is 10.8. The number of nitrogens with zero attached hydrogens (tertiary/aromatic N) is 2. The molecule has 19 heavy (non-hydrogen) atoms. The van der Waals surface area contributed by atoms with E-state index in [-0.39, 0.29) is 5.88 Å². The topological polar surface area (TPSA) is 28.4 Å². The minimum absolute atomic E-state index is 0.275. The standard InChI is InChI=1S/C16H16N2O/c1-17(2)18-14-11-7-6-10-13(14)15(16(18)19)12-8-4-3-5-9-12/h3-11,19H,1-2H3. The molecule has 0 saturated carbocycles. The molecule has 0 amide bonds. The van der Waals surface area contributed by atoms with E-state index in [1.165, 1.54) is 0 Å². The summed E-state index contributed by atoms with van der Waals surface area (Å²) in [6.45, 7) is 0. The molecule has 1 heterocycles. The van der Waals surface area contributed by atoms with Crippen LogP contribution in [-0.4, -0.2) is 23.9 Å². The molecule has 3 nitrogen and oxygen atoms in total. The third-order valence-electron chi connectivity index (χ3n) is 3.29. The third-order valence-corrected chi connectivity index (χ3v) is 3.29. The van der Waals surface area contributed by atoms with E-state index in [4.69, 9.17) is 0 Å². The molecule has 0 atom stereocenters. The summed E-state index contributed by atoms with van der Waals surface area (Å²) in [6.07, 6.45) is 0. The number of para-hydroxylation sites is 1. The molecule has 96 valence electrons. The Kier molecular flexibility index (Phi) is 2.67. The van der Waals surface area contributed by atoms with E-state index in [1.807, 2.05) is 78.4 Å². The highest BCUT2D eigenvalue weighted by molar-refractivity contribution is 5.99. The molecule has 0 aliphatic rings. The molecule has 0 aliphatic carbocycles. The molecule has 0 aliphatic heterocycles. The molecule has 3 rings (SSSR count). The number of fused-ring (bicyclic) bond motifs is 1. The Balaban J connectivity index is 2.40. The van der Waals surface area contributed by atoms with Gasteiger partial charge in [0.25, 0.3) is 0 Å². The molecule has 0 unspecified atom stereocenters. The van der Waals surface area contributed by atoms with E-state index in [2.05, 4.69) is 0 Å². The molecule has 0 saturated heterocycles. The summed E-state index contributed by atoms with van der Waals surface area (Å²) in [7, 11) is 3.84. The SMILES string of the molecule is CN(C)n1c(O)c(-c2ccccc2)c2ccccc21. The Morgan fingerprint density at radius 2 is 1.53 bits per heavy atom. The Hall–Kier alpha value is -2.42. The van der Waals surface area contributed by atoms with Crippen LogP contribution < -0.4 is 5.01 Å². The lowest BCUT2D eigenvalue weighted by molar-refractivity contribution is 0.426. The van der Waals surface area contributed by atoms with Crippen LogP contribution in [0.3, 0.4) is 0 Å². The highest BCUT2D eigenvalue weighted by atomic mass is 16.3. The van der Waals surface area contributed by atoms with Crippen LogP contribution in [0.15, 0.2) is 54.6 Å². The second-order valence-corrected chi connectivity index (χ2v) is 4.74. The molecule has 1 aromatic heterocycles. The van der Waals surface area contributed by atoms with E-state index in [0.717, 1.165) is 22.0 Å². The van der Waals surface area contributed by atoms with Gasteiger partial charge in [-0.3, -0.25) is 0 Å². The van der Waals surface area contributed by atoms with Crippen LogP contribution in [0.2, 0.25) is 0 Å². The van der Waals surface area contributed by atoms with Crippen molar-refractivity contribution in [1.29, 1.82) is 0 Å². The van der Waals surface area contributed by atoms with E-state index < -0.39 is 0 Å². The maximum atomic E-state index is 10.6. The maximum Gasteiger partial charge on any atom is 0.219 e. The second-order valence-electron chi connectivity index (χ2n) is 4.74. The van der Waals surface area contributed by atoms with Gasteiger partial charge in [-0.25, -0.2) is 4.68 Å². The summed E-state index contributed by atoms with van der Waals surface area (Å²) in [5, 5.41) is 13.5. The fourth-order valence-corrected chi connectivity index (χ4v) is 2.50. The zero-order chi connectivity index (χ0) is 13.4. The lowest BCUT2D eigenvalue weighted by atomic mass is 10.0. The minimum atomic E-state index is 0.275. The van der Waals surface area contributed by atoms with Gasteiger partial charge in [-0.05, 0) is 11.6 Å². The van der Waals surface area contributed by atoms with Crippen LogP contribution in [0.4, 0.5) is 0 Å². The molecular formula is C16H16N2O. The number of aromatic hydroxyl groups is 1. The van der Waals surface area contributed by atoms with Crippen molar-refractivity contribution in [3.63, 3.8) is 0 Å². The average Bonchev–Trinajstić information content (AvgIpc) is 2.71. The van der Waals surface area contributed by atoms with Crippen molar-refractivity contribution in [3.8, 4) is 17.0 Å². The van der Waals surface area contributed by atoms with Crippen molar-refractivity contribution < 1.29 is 5.11 Å². The fourth-order valence-electron chi connectivity index (χ4n) is 2.50. The summed E-state index contributed by atoms with van der Waals surface area (Å²) < 4.78 is 1.82. The summed E-state index contributed by atoms with van der Waals surface area (Å²) in [5.41, 5.74) is 2.91. The number of benzene rings is 2. The monoisotopic (exact) mass is 252 g/mol. The molecule has 0 spiro atoms. The number of hydrogen-bond acceptors (Lipinski definition) is 2. The molecule has 2 aromatic carbocycles. The van der Waals surface area contributed by atoms with E-state index in [9.17, 15) is 5.11 Å². The lowest BCUT2D eigenvalue weighted by Gasteiger charge is -2.16. The van der Waals surface area contributed by atoms with Crippen LogP contribution in [-0.2, 0) is 0 Å². The summed E-state index contributed by atoms with van der Waals surface area (Å²) in [6, 6.07) is 18.0. The van der Waals surface area contributed by atoms with Crippen molar-refractivity contribution in [3.05, 3.63) is 54.6 Å². The predicted octanol–water partition coefficient (Wildman–Crippen LogP) is 3.21. The first kappa shape index (κ1) is 11.7. The Morgan fingerprint density at radius 1 is 0.895 bits per heavy atom. The van der Waals surface area contributed by atoms with Gasteiger partial charge < -0.3 is 10.1 Å². The first-order valence-electron chi connectivity index (χ1n) is 6.25. The third kappa shape index (κ3) is 1.74. The quantitative estimate of drug-likeness (QED) is 0.758. The van der Waals surface area contributed by atoms with Gasteiger partial charge in [-0.2, -0.15) is 0 Å². The highest BCUT2D eigenvalue weighted by Gasteiger charge is 2.18. The first-order chi connectivity index (χ1) is 9.20. The molecule has 0 fully saturated rings. The van der Waals surface area contributed by atoms with Crippen LogP contribution in [0, 0.1) is 0 Å². The first-order valence-corrected chi connectivity index (χ1v) is 6.25. The molecule has 3 heteroatoms. The number of rotatable bonds is 2. The molecule has 0 bridgehead atoms. The largest absolute Gasteiger partial charge is 0.493 e. The second kappa shape index (κ2) is 4.35. The molecular weight excluding hydrogens is 236 g/mol. The van der Waals surface area contributed by atoms with Gasteiger partial charge in [0.05, 0.1) is 11.1 Å². The summed E-state index contributed by atoms with van der Waals surface area (Å²) >= 11 is 0. The zero-order valence-corrected chi connectivity index (χ0v) is 11.0. The smallest absolute Gasteiger partial charge is 0.219 e. The van der Waals surface area contributed by atoms with Gasteiger partial charge in [-0.1, -0.05) is 48.5 Å². The zero-order valence-electron chi connectivity index (χ0n) is 11.0. The van der Waals surface area contributed by atoms with Crippen molar-refractivity contribution in [1.82, 2.24) is 4.68 Å². The summed E-state index contributed by atoms with van der Waals surface area (Å²) in [5.74, 6) is 0.275. The van der Waals surface area contributed by atoms with E-state index >= 15 is 0 Å². The van der Waals surface area contributed by atoms with E-state index in [0.29, 0.717) is 0 Å². The Bertz CT molecular complexity index is 714. The van der Waals surface area contributed by atoms with Crippen LogP contribution in [0.5, 0.6) is 5.88 Å². The van der Waals surface area contributed by atoms with Gasteiger partial charge >= 0.3 is 0 Å². The summed E-state index contributed by atoms with van der Waals surface area (Å²) in [4.78, 5) is 0. The van der Waals surface area contributed by atoms with E-state index in [1.54, 1.807) is 0 Å². The minimum Gasteiger partial charge on any atom is -0.493 e. The van der Waals surface area contributed by atoms with Gasteiger partial charge in [0.2, 0.25) is 5.88 Å². The van der Waals surface area contributed by atoms with Gasteiger partial charge in [0.15, 0.2) is 0 Å². The fraction of sp³-hybridized carbons (Fsp3) is 0.125. The van der Waals surface area contributed by atoms with Gasteiger partial charge in [0.1, 0.15) is 0 Å². The van der Waals surface area contributed by atoms with Crippen molar-refractivity contribution in [2.75, 3.05) is 19.1 Å². The van der Waals surface area contributed by atoms with Crippen molar-refractivity contribution in [2.24, 2.45) is 0 Å². The number of hydrogen-bond donors (Lipinski definition) is 1. The maximum absolute atomic E-state index is 10.6. The molecule has 0 radical (unpaired) electrons. The Labute approximate surface area is 112 Å². The molecule has 3 aromatic rings. The number of aromatic nitrogens is 1. The Morgan fingerprint density at radius 3 is 2.21 bits per heavy atom. The van der Waals surface area contributed by atoms with Crippen molar-refractivity contribution >= 4 is 10.9 Å². The van der Waals surface area contributed by atoms with Crippen molar-refractivity contribution in [2.45, 2.75) is 0 Å². The van der Waals surface area contributed by atoms with Crippen LogP contribution in [0.1, 0.15) is 0 Å². The van der Waals surface area contributed by atoms with Gasteiger partial charge in [0, 0.05) is 19.5 Å². The van der Waals surface area contributed by atoms with Crippen LogP contribution >= 0.6 is 0 Å². The van der Waals surface area contributed by atoms with Gasteiger partial charge in [-0.15, -0.1) is 0 Å². The predicted molar refractivity (Wildman–Crippen MR) is 79.1 cm³/mol.